The first-order chi connectivity index (χ1) is 10.5. The Morgan fingerprint density at radius 2 is 1.91 bits per heavy atom. The SMILES string of the molecule is Cc1cc(OCNC(=O)Nc2ccc(Cl)cn2)cc(C)c1Cl. The molecule has 1 aromatic heterocycles. The predicted octanol–water partition coefficient (Wildman–Crippen LogP) is 4.16. The van der Waals surface area contributed by atoms with Crippen LogP contribution >= 0.6 is 23.2 Å². The van der Waals surface area contributed by atoms with Gasteiger partial charge in [-0.2, -0.15) is 0 Å². The van der Waals surface area contributed by atoms with Gasteiger partial charge in [-0.05, 0) is 49.2 Å². The van der Waals surface area contributed by atoms with E-state index < -0.39 is 6.03 Å². The van der Waals surface area contributed by atoms with Crippen molar-refractivity contribution in [2.45, 2.75) is 13.8 Å². The highest BCUT2D eigenvalue weighted by atomic mass is 35.5. The van der Waals surface area contributed by atoms with Gasteiger partial charge in [0.15, 0.2) is 6.73 Å². The van der Waals surface area contributed by atoms with Gasteiger partial charge in [0.1, 0.15) is 11.6 Å². The van der Waals surface area contributed by atoms with Crippen LogP contribution in [0.5, 0.6) is 5.75 Å². The maximum absolute atomic E-state index is 11.7. The van der Waals surface area contributed by atoms with E-state index >= 15 is 0 Å². The molecule has 0 aliphatic heterocycles. The number of carbonyl (C=O) groups is 1. The van der Waals surface area contributed by atoms with E-state index in [4.69, 9.17) is 27.9 Å². The number of aryl methyl sites for hydroxylation is 2. The molecular weight excluding hydrogens is 325 g/mol. The Bertz CT molecular complexity index is 652. The smallest absolute Gasteiger partial charge is 0.323 e. The van der Waals surface area contributed by atoms with E-state index in [1.54, 1.807) is 12.1 Å². The lowest BCUT2D eigenvalue weighted by Crippen LogP contribution is -2.32. The van der Waals surface area contributed by atoms with Crippen molar-refractivity contribution in [3.8, 4) is 5.75 Å². The van der Waals surface area contributed by atoms with Crippen LogP contribution in [-0.2, 0) is 0 Å². The Hall–Kier alpha value is -1.98. The van der Waals surface area contributed by atoms with Gasteiger partial charge in [-0.15, -0.1) is 0 Å². The molecule has 0 bridgehead atoms. The Morgan fingerprint density at radius 3 is 2.50 bits per heavy atom. The summed E-state index contributed by atoms with van der Waals surface area (Å²) < 4.78 is 5.48. The molecule has 22 heavy (non-hydrogen) atoms. The largest absolute Gasteiger partial charge is 0.473 e. The van der Waals surface area contributed by atoms with Crippen LogP contribution in [0.15, 0.2) is 30.5 Å². The van der Waals surface area contributed by atoms with Gasteiger partial charge in [0.25, 0.3) is 0 Å². The zero-order valence-electron chi connectivity index (χ0n) is 12.1. The number of benzene rings is 1. The summed E-state index contributed by atoms with van der Waals surface area (Å²) in [5.74, 6) is 1.05. The summed E-state index contributed by atoms with van der Waals surface area (Å²) in [4.78, 5) is 15.6. The summed E-state index contributed by atoms with van der Waals surface area (Å²) in [6.07, 6.45) is 1.45. The maximum atomic E-state index is 11.7. The van der Waals surface area contributed by atoms with E-state index in [1.165, 1.54) is 6.20 Å². The molecule has 0 atom stereocenters. The first kappa shape index (κ1) is 16.4. The molecule has 0 radical (unpaired) electrons. The molecule has 116 valence electrons. The molecule has 1 aromatic carbocycles. The molecule has 0 saturated heterocycles. The lowest BCUT2D eigenvalue weighted by molar-refractivity contribution is 0.234. The average Bonchev–Trinajstić information content (AvgIpc) is 2.47. The lowest BCUT2D eigenvalue weighted by atomic mass is 10.1. The van der Waals surface area contributed by atoms with Crippen LogP contribution in [0.2, 0.25) is 10.0 Å². The molecule has 0 saturated carbocycles. The number of urea groups is 1. The maximum Gasteiger partial charge on any atom is 0.323 e. The van der Waals surface area contributed by atoms with E-state index in [0.717, 1.165) is 11.1 Å². The fourth-order valence-electron chi connectivity index (χ4n) is 1.78. The summed E-state index contributed by atoms with van der Waals surface area (Å²) in [6, 6.07) is 6.46. The molecule has 0 fully saturated rings. The number of rotatable bonds is 4. The normalized spacial score (nSPS) is 10.2. The van der Waals surface area contributed by atoms with Crippen molar-refractivity contribution in [3.63, 3.8) is 0 Å². The zero-order valence-corrected chi connectivity index (χ0v) is 13.6. The quantitative estimate of drug-likeness (QED) is 0.822. The Morgan fingerprint density at radius 1 is 1.23 bits per heavy atom. The zero-order chi connectivity index (χ0) is 16.1. The summed E-state index contributed by atoms with van der Waals surface area (Å²) in [6.45, 7) is 3.82. The minimum atomic E-state index is -0.419. The van der Waals surface area contributed by atoms with Crippen LogP contribution in [0.1, 0.15) is 11.1 Å². The number of anilines is 1. The van der Waals surface area contributed by atoms with Gasteiger partial charge >= 0.3 is 6.03 Å². The molecule has 0 aliphatic carbocycles. The van der Waals surface area contributed by atoms with E-state index in [1.807, 2.05) is 26.0 Å². The molecule has 2 N–H and O–H groups in total. The highest BCUT2D eigenvalue weighted by molar-refractivity contribution is 6.32. The van der Waals surface area contributed by atoms with Gasteiger partial charge < -0.3 is 10.1 Å². The van der Waals surface area contributed by atoms with Gasteiger partial charge in [-0.1, -0.05) is 23.2 Å². The van der Waals surface area contributed by atoms with Gasteiger partial charge in [0, 0.05) is 11.2 Å². The fraction of sp³-hybridized carbons (Fsp3) is 0.200. The van der Waals surface area contributed by atoms with Crippen molar-refractivity contribution < 1.29 is 9.53 Å². The molecule has 5 nitrogen and oxygen atoms in total. The first-order valence-corrected chi connectivity index (χ1v) is 7.27. The number of hydrogen-bond donors (Lipinski definition) is 2. The molecule has 0 unspecified atom stereocenters. The Balaban J connectivity index is 1.83. The van der Waals surface area contributed by atoms with Crippen LogP contribution in [0.4, 0.5) is 10.6 Å². The van der Waals surface area contributed by atoms with E-state index in [2.05, 4.69) is 15.6 Å². The molecular formula is C15H15Cl2N3O2. The van der Waals surface area contributed by atoms with Gasteiger partial charge in [-0.25, -0.2) is 9.78 Å². The first-order valence-electron chi connectivity index (χ1n) is 6.51. The minimum absolute atomic E-state index is 0.0277. The van der Waals surface area contributed by atoms with Gasteiger partial charge in [-0.3, -0.25) is 5.32 Å². The van der Waals surface area contributed by atoms with Gasteiger partial charge in [0.05, 0.1) is 5.02 Å². The molecule has 0 spiro atoms. The number of aromatic nitrogens is 1. The van der Waals surface area contributed by atoms with Crippen LogP contribution < -0.4 is 15.4 Å². The molecule has 2 amide bonds. The van der Waals surface area contributed by atoms with E-state index in [-0.39, 0.29) is 6.73 Å². The lowest BCUT2D eigenvalue weighted by Gasteiger charge is -2.11. The standard InChI is InChI=1S/C15H15Cl2N3O2/c1-9-5-12(6-10(2)14(9)17)22-8-19-15(21)20-13-4-3-11(16)7-18-13/h3-7H,8H2,1-2H3,(H2,18,19,20,21). The second-order valence-corrected chi connectivity index (χ2v) is 5.47. The van der Waals surface area contributed by atoms with Gasteiger partial charge in [0.2, 0.25) is 0 Å². The van der Waals surface area contributed by atoms with E-state index in [9.17, 15) is 4.79 Å². The summed E-state index contributed by atoms with van der Waals surface area (Å²) in [5.41, 5.74) is 1.85. The van der Waals surface area contributed by atoms with Crippen molar-refractivity contribution in [1.29, 1.82) is 0 Å². The molecule has 2 aromatic rings. The van der Waals surface area contributed by atoms with Crippen LogP contribution in [-0.4, -0.2) is 17.7 Å². The monoisotopic (exact) mass is 339 g/mol. The average molecular weight is 340 g/mol. The minimum Gasteiger partial charge on any atom is -0.473 e. The number of pyridine rings is 1. The number of halogens is 2. The number of nitrogens with one attached hydrogen (secondary N) is 2. The fourth-order valence-corrected chi connectivity index (χ4v) is 2.01. The summed E-state index contributed by atoms with van der Waals surface area (Å²) in [5, 5.41) is 6.35. The van der Waals surface area contributed by atoms with Crippen LogP contribution in [0.25, 0.3) is 0 Å². The molecule has 1 heterocycles. The Labute approximate surface area is 138 Å². The third-order valence-corrected chi connectivity index (χ3v) is 3.67. The summed E-state index contributed by atoms with van der Waals surface area (Å²) in [7, 11) is 0. The highest BCUT2D eigenvalue weighted by Gasteiger charge is 2.05. The summed E-state index contributed by atoms with van der Waals surface area (Å²) >= 11 is 11.8. The number of amides is 2. The van der Waals surface area contributed by atoms with E-state index in [0.29, 0.717) is 21.6 Å². The topological polar surface area (TPSA) is 63.2 Å². The Kier molecular flexibility index (Phi) is 5.46. The second-order valence-electron chi connectivity index (χ2n) is 4.65. The third kappa shape index (κ3) is 4.51. The molecule has 2 rings (SSSR count). The number of hydrogen-bond acceptors (Lipinski definition) is 3. The van der Waals surface area contributed by atoms with Crippen molar-refractivity contribution in [3.05, 3.63) is 51.6 Å². The molecule has 0 aliphatic rings. The second kappa shape index (κ2) is 7.33. The number of nitrogens with zero attached hydrogens (tertiary/aromatic N) is 1. The van der Waals surface area contributed by atoms with Crippen molar-refractivity contribution in [2.24, 2.45) is 0 Å². The molecule has 7 heteroatoms. The van der Waals surface area contributed by atoms with Crippen molar-refractivity contribution in [1.82, 2.24) is 10.3 Å². The number of ether oxygens (including phenoxy) is 1. The third-order valence-electron chi connectivity index (χ3n) is 2.85. The predicted molar refractivity (Wildman–Crippen MR) is 87.8 cm³/mol. The van der Waals surface area contributed by atoms with Crippen LogP contribution in [0, 0.1) is 13.8 Å². The number of carbonyl (C=O) groups excluding carboxylic acids is 1. The van der Waals surface area contributed by atoms with Crippen molar-refractivity contribution in [2.75, 3.05) is 12.0 Å². The van der Waals surface area contributed by atoms with Crippen LogP contribution in [0.3, 0.4) is 0 Å². The van der Waals surface area contributed by atoms with Crippen molar-refractivity contribution >= 4 is 35.1 Å². The highest BCUT2D eigenvalue weighted by Crippen LogP contribution is 2.25.